The number of rotatable bonds is 25. The minimum atomic E-state index is -4.19. The van der Waals surface area contributed by atoms with Gasteiger partial charge in [-0.3, -0.25) is 14.4 Å². The van der Waals surface area contributed by atoms with Crippen LogP contribution in [-0.2, 0) is 53.9 Å². The first-order chi connectivity index (χ1) is 45.6. The molecular formula is C63H85Cl4N15O12S3. The number of esters is 2. The van der Waals surface area contributed by atoms with E-state index in [0.717, 1.165) is 30.0 Å². The van der Waals surface area contributed by atoms with Crippen LogP contribution < -0.4 is 22.9 Å². The molecule has 0 atom stereocenters. The van der Waals surface area contributed by atoms with Gasteiger partial charge < -0.3 is 52.2 Å². The number of halogens is 4. The van der Waals surface area contributed by atoms with Crippen LogP contribution in [0.25, 0.3) is 32.3 Å². The summed E-state index contributed by atoms with van der Waals surface area (Å²) in [4.78, 5) is 64.3. The normalized spacial score (nSPS) is 16.0. The van der Waals surface area contributed by atoms with E-state index in [4.69, 9.17) is 78.8 Å². The zero-order valence-electron chi connectivity index (χ0n) is 55.5. The molecule has 27 nitrogen and oxygen atoms in total. The zero-order valence-corrected chi connectivity index (χ0v) is 60.9. The summed E-state index contributed by atoms with van der Waals surface area (Å²) in [5.41, 5.74) is 18.1. The second-order valence-electron chi connectivity index (χ2n) is 24.6. The van der Waals surface area contributed by atoms with Crippen molar-refractivity contribution in [3.63, 3.8) is 0 Å². The van der Waals surface area contributed by atoms with Gasteiger partial charge in [0.2, 0.25) is 30.1 Å². The number of guanidine groups is 2. The molecule has 0 radical (unpaired) electrons. The smallest absolute Gasteiger partial charge is 0.327 e. The fourth-order valence-electron chi connectivity index (χ4n) is 12.4. The van der Waals surface area contributed by atoms with Crippen LogP contribution in [0.4, 0.5) is 11.6 Å². The lowest BCUT2D eigenvalue weighted by Gasteiger charge is -2.38. The standard InChI is InChI=1S/C22H31ClN6O4S.C21H27Cl2N3O4S.C20H27ClN6O4S/c1-4-33-20(30)22(9-5-6-10-22)29(12-11-28(2)3)34(31,32)15-7-8-16-17(13-15)19(27-21(24)25)26-14-18(16)23;1-4-30-20(27)21(9-5-6-10-21)26(12-11-25(2)3)31(28,29)15-7-8-16-17(13-15)19(23)24-14-18(16)22;1-26(2)9-10-27(20(18(28)29)7-3-4-8-20)32(30,31)13-5-6-14-15(11-13)17(25-19(22)23)24-12-16(14)21/h7-8,13-14H,4-6,9-12H2,1-3H3,(H4,24,25,26,27);7-8,13-14H,4-6,9-12H2,1-3H3;5-6,11-12H,3-4,7-10H2,1-2H3,(H,28,29)(H4,22,23,24,25). The van der Waals surface area contributed by atoms with Crippen LogP contribution in [0.3, 0.4) is 0 Å². The topological polar surface area (TPSA) is 379 Å². The number of likely N-dealkylation sites (N-methyl/N-ethyl adjacent to an activating group) is 3. The molecule has 0 unspecified atom stereocenters. The van der Waals surface area contributed by atoms with E-state index in [1.54, 1.807) is 46.1 Å². The molecule has 530 valence electrons. The van der Waals surface area contributed by atoms with Crippen molar-refractivity contribution >= 4 is 150 Å². The van der Waals surface area contributed by atoms with Crippen LogP contribution >= 0.6 is 46.4 Å². The quantitative estimate of drug-likeness (QED) is 0.0157. The van der Waals surface area contributed by atoms with Crippen molar-refractivity contribution in [2.24, 2.45) is 32.9 Å². The van der Waals surface area contributed by atoms with Gasteiger partial charge in [-0.1, -0.05) is 103 Å². The van der Waals surface area contributed by atoms with Crippen LogP contribution in [0.2, 0.25) is 20.2 Å². The Kier molecular flexibility index (Phi) is 26.3. The SMILES string of the molecule is CCOC(=O)C1(N(CCN(C)C)S(=O)(=O)c2ccc3c(Cl)cnc(Cl)c3c2)CCCC1.CCOC(=O)C1(N(CCN(C)C)S(=O)(=O)c2ccc3c(Cl)cnc(N=C(N)N)c3c2)CCCC1.CN(C)CCN(C1(C(=O)O)CCCC1)S(=O)(=O)c1ccc2c(Cl)cnc(N=C(N)N)c2c1. The second-order valence-corrected chi connectivity index (χ2v) is 31.7. The Hall–Kier alpha value is -6.39. The zero-order chi connectivity index (χ0) is 71.6. The van der Waals surface area contributed by atoms with Gasteiger partial charge in [0.25, 0.3) is 0 Å². The largest absolute Gasteiger partial charge is 0.480 e. The summed E-state index contributed by atoms with van der Waals surface area (Å²) in [5, 5.41) is 14.1. The fourth-order valence-corrected chi connectivity index (χ4v) is 18.7. The van der Waals surface area contributed by atoms with Crippen molar-refractivity contribution in [1.82, 2.24) is 42.6 Å². The average Bonchev–Trinajstić information content (AvgIpc) is 1.75. The summed E-state index contributed by atoms with van der Waals surface area (Å²) in [7, 11) is -1.34. The highest BCUT2D eigenvalue weighted by atomic mass is 35.5. The monoisotopic (exact) mass is 1480 g/mol. The number of carbonyl (C=O) groups is 3. The maximum absolute atomic E-state index is 14.1. The van der Waals surface area contributed by atoms with Crippen LogP contribution in [0.5, 0.6) is 0 Å². The van der Waals surface area contributed by atoms with Gasteiger partial charge in [-0.05, 0) is 131 Å². The molecule has 34 heteroatoms. The maximum Gasteiger partial charge on any atom is 0.327 e. The highest BCUT2D eigenvalue weighted by Gasteiger charge is 2.55. The van der Waals surface area contributed by atoms with E-state index in [2.05, 4.69) is 24.9 Å². The Bertz CT molecular complexity index is 4280. The third kappa shape index (κ3) is 17.3. The van der Waals surface area contributed by atoms with Crippen molar-refractivity contribution in [2.75, 3.05) is 94.8 Å². The van der Waals surface area contributed by atoms with E-state index < -0.39 is 64.6 Å². The third-order valence-electron chi connectivity index (χ3n) is 17.3. The Morgan fingerprint density at radius 3 is 1.05 bits per heavy atom. The fraction of sp³-hybridized carbons (Fsp3) is 0.492. The average molecular weight is 1480 g/mol. The summed E-state index contributed by atoms with van der Waals surface area (Å²) >= 11 is 24.9. The number of aromatic nitrogens is 3. The van der Waals surface area contributed by atoms with Crippen molar-refractivity contribution in [3.05, 3.63) is 93.4 Å². The number of ether oxygens (including phenoxy) is 2. The first-order valence-electron chi connectivity index (χ1n) is 31.3. The van der Waals surface area contributed by atoms with E-state index in [9.17, 15) is 44.7 Å². The number of sulfonamides is 3. The number of benzene rings is 3. The number of carboxylic acid groups (broad SMARTS) is 1. The van der Waals surface area contributed by atoms with Crippen LogP contribution in [0, 0.1) is 0 Å². The molecule has 3 heterocycles. The molecule has 0 saturated heterocycles. The van der Waals surface area contributed by atoms with Gasteiger partial charge in [0.1, 0.15) is 21.8 Å². The maximum atomic E-state index is 14.1. The van der Waals surface area contributed by atoms with Gasteiger partial charge in [-0.15, -0.1) is 0 Å². The molecule has 0 amide bonds. The van der Waals surface area contributed by atoms with Gasteiger partial charge in [0.15, 0.2) is 23.6 Å². The van der Waals surface area contributed by atoms with E-state index >= 15 is 0 Å². The number of pyridine rings is 3. The number of fused-ring (bicyclic) bond motifs is 3. The number of aliphatic carboxylic acids is 1. The molecule has 6 aromatic rings. The lowest BCUT2D eigenvalue weighted by atomic mass is 9.97. The van der Waals surface area contributed by atoms with Gasteiger partial charge in [-0.2, -0.15) is 22.9 Å². The number of carboxylic acids is 1. The molecule has 3 fully saturated rings. The number of aliphatic imine (C=N–C) groups is 2. The molecule has 0 spiro atoms. The van der Waals surface area contributed by atoms with Crippen LogP contribution in [0.1, 0.15) is 90.9 Å². The molecule has 3 aromatic heterocycles. The lowest BCUT2D eigenvalue weighted by Crippen LogP contribution is -2.57. The number of nitrogens with two attached hydrogens (primary N) is 4. The van der Waals surface area contributed by atoms with E-state index in [1.807, 2.05) is 42.9 Å². The van der Waals surface area contributed by atoms with Gasteiger partial charge in [-0.25, -0.2) is 40.2 Å². The number of hydrogen-bond donors (Lipinski definition) is 5. The molecule has 9 N–H and O–H groups in total. The predicted octanol–water partition coefficient (Wildman–Crippen LogP) is 7.93. The van der Waals surface area contributed by atoms with Gasteiger partial charge in [0.05, 0.1) is 43.0 Å². The number of nitrogens with zero attached hydrogens (tertiary/aromatic N) is 11. The first-order valence-corrected chi connectivity index (χ1v) is 37.2. The number of hydrogen-bond acceptors (Lipinski definition) is 19. The molecule has 97 heavy (non-hydrogen) atoms. The van der Waals surface area contributed by atoms with Crippen molar-refractivity contribution < 1.29 is 54.2 Å². The van der Waals surface area contributed by atoms with Crippen LogP contribution in [0.15, 0.2) is 97.9 Å². The summed E-state index contributed by atoms with van der Waals surface area (Å²) in [6, 6.07) is 13.4. The van der Waals surface area contributed by atoms with Crippen molar-refractivity contribution in [2.45, 2.75) is 122 Å². The summed E-state index contributed by atoms with van der Waals surface area (Å²) in [6.45, 7) is 5.38. The third-order valence-corrected chi connectivity index (χ3v) is 24.3. The molecule has 9 rings (SSSR count). The first kappa shape index (κ1) is 78.0. The van der Waals surface area contributed by atoms with Gasteiger partial charge in [0, 0.05) is 90.2 Å². The van der Waals surface area contributed by atoms with E-state index in [0.29, 0.717) is 106 Å². The number of carbonyl (C=O) groups excluding carboxylic acids is 2. The second kappa shape index (κ2) is 32.7. The van der Waals surface area contributed by atoms with Crippen molar-refractivity contribution in [1.29, 1.82) is 0 Å². The molecule has 0 aliphatic heterocycles. The van der Waals surface area contributed by atoms with E-state index in [-0.39, 0.29) is 89.1 Å². The Morgan fingerprint density at radius 2 is 0.753 bits per heavy atom. The molecule has 3 saturated carbocycles. The highest BCUT2D eigenvalue weighted by Crippen LogP contribution is 2.45. The minimum absolute atomic E-state index is 0.00885. The Labute approximate surface area is 586 Å². The molecular weight excluding hydrogens is 1400 g/mol. The van der Waals surface area contributed by atoms with E-state index in [1.165, 1.54) is 63.6 Å². The molecule has 3 aliphatic carbocycles. The highest BCUT2D eigenvalue weighted by molar-refractivity contribution is 7.89. The van der Waals surface area contributed by atoms with Crippen LogP contribution in [-0.4, -0.2) is 214 Å². The summed E-state index contributed by atoms with van der Waals surface area (Å²) in [5.74, 6) is -2.32. The lowest BCUT2D eigenvalue weighted by molar-refractivity contribution is -0.155. The van der Waals surface area contributed by atoms with Crippen molar-refractivity contribution in [3.8, 4) is 0 Å². The van der Waals surface area contributed by atoms with Gasteiger partial charge >= 0.3 is 17.9 Å². The molecule has 0 bridgehead atoms. The molecule has 3 aliphatic rings. The molecule has 3 aromatic carbocycles. The Balaban J connectivity index is 0.000000205. The summed E-state index contributed by atoms with van der Waals surface area (Å²) < 4.78 is 98.0. The minimum Gasteiger partial charge on any atom is -0.480 e. The summed E-state index contributed by atoms with van der Waals surface area (Å²) in [6.07, 6.45) is 10.7. The Morgan fingerprint density at radius 1 is 0.464 bits per heavy atom. The predicted molar refractivity (Wildman–Crippen MR) is 378 cm³/mol.